The molecule has 0 heterocycles. The molecule has 1 aromatic carbocycles. The van der Waals surface area contributed by atoms with Gasteiger partial charge in [0, 0.05) is 16.5 Å². The third-order valence-corrected chi connectivity index (χ3v) is 2.95. The van der Waals surface area contributed by atoms with Crippen LogP contribution in [0.3, 0.4) is 0 Å². The van der Waals surface area contributed by atoms with Crippen LogP contribution in [0.25, 0.3) is 0 Å². The van der Waals surface area contributed by atoms with E-state index in [-0.39, 0.29) is 24.4 Å². The SMILES string of the molecule is CSc1ccc(C(=O)NCC(=O)NC(C)C)cc1. The number of thioether (sulfide) groups is 1. The summed E-state index contributed by atoms with van der Waals surface area (Å²) in [6, 6.07) is 7.35. The molecular weight excluding hydrogens is 248 g/mol. The maximum atomic E-state index is 11.7. The molecule has 2 N–H and O–H groups in total. The van der Waals surface area contributed by atoms with Crippen molar-refractivity contribution in [3.05, 3.63) is 29.8 Å². The lowest BCUT2D eigenvalue weighted by Crippen LogP contribution is -2.39. The fourth-order valence-electron chi connectivity index (χ4n) is 1.38. The highest BCUT2D eigenvalue weighted by Crippen LogP contribution is 2.14. The molecule has 98 valence electrons. The van der Waals surface area contributed by atoms with E-state index in [0.717, 1.165) is 4.90 Å². The molecule has 5 heteroatoms. The van der Waals surface area contributed by atoms with E-state index in [1.807, 2.05) is 32.2 Å². The quantitative estimate of drug-likeness (QED) is 0.797. The molecular formula is C13H18N2O2S. The zero-order chi connectivity index (χ0) is 13.5. The molecule has 0 saturated carbocycles. The first-order chi connectivity index (χ1) is 8.52. The summed E-state index contributed by atoms with van der Waals surface area (Å²) in [5.74, 6) is -0.416. The molecule has 0 aromatic heterocycles. The highest BCUT2D eigenvalue weighted by Gasteiger charge is 2.08. The second-order valence-corrected chi connectivity index (χ2v) is 5.01. The number of amides is 2. The Labute approximate surface area is 112 Å². The van der Waals surface area contributed by atoms with Gasteiger partial charge >= 0.3 is 0 Å². The minimum Gasteiger partial charge on any atom is -0.352 e. The van der Waals surface area contributed by atoms with Crippen molar-refractivity contribution >= 4 is 23.6 Å². The molecule has 0 bridgehead atoms. The van der Waals surface area contributed by atoms with Crippen LogP contribution in [0.1, 0.15) is 24.2 Å². The van der Waals surface area contributed by atoms with Crippen LogP contribution >= 0.6 is 11.8 Å². The third-order valence-electron chi connectivity index (χ3n) is 2.21. The van der Waals surface area contributed by atoms with Gasteiger partial charge in [0.1, 0.15) is 0 Å². The van der Waals surface area contributed by atoms with Crippen LogP contribution in [0.15, 0.2) is 29.2 Å². The zero-order valence-corrected chi connectivity index (χ0v) is 11.6. The van der Waals surface area contributed by atoms with Gasteiger partial charge in [0.15, 0.2) is 0 Å². The second-order valence-electron chi connectivity index (χ2n) is 4.13. The number of hydrogen-bond acceptors (Lipinski definition) is 3. The average molecular weight is 266 g/mol. The standard InChI is InChI=1S/C13H18N2O2S/c1-9(2)15-12(16)8-14-13(17)10-4-6-11(18-3)7-5-10/h4-7,9H,8H2,1-3H3,(H,14,17)(H,15,16). The van der Waals surface area contributed by atoms with E-state index in [0.29, 0.717) is 5.56 Å². The molecule has 0 spiro atoms. The van der Waals surface area contributed by atoms with Crippen molar-refractivity contribution in [2.75, 3.05) is 12.8 Å². The van der Waals surface area contributed by atoms with E-state index in [1.54, 1.807) is 23.9 Å². The third kappa shape index (κ3) is 4.79. The van der Waals surface area contributed by atoms with E-state index < -0.39 is 0 Å². The lowest BCUT2D eigenvalue weighted by Gasteiger charge is -2.09. The predicted molar refractivity (Wildman–Crippen MR) is 73.8 cm³/mol. The number of rotatable bonds is 5. The zero-order valence-electron chi connectivity index (χ0n) is 10.8. The minimum absolute atomic E-state index is 0.00128. The van der Waals surface area contributed by atoms with Crippen LogP contribution in [0.2, 0.25) is 0 Å². The van der Waals surface area contributed by atoms with Gasteiger partial charge in [0.25, 0.3) is 5.91 Å². The average Bonchev–Trinajstić information content (AvgIpc) is 2.35. The Hall–Kier alpha value is -1.49. The second kappa shape index (κ2) is 7.06. The summed E-state index contributed by atoms with van der Waals surface area (Å²) in [5, 5.41) is 5.29. The van der Waals surface area contributed by atoms with Crippen molar-refractivity contribution in [1.82, 2.24) is 10.6 Å². The Balaban J connectivity index is 2.47. The first kappa shape index (κ1) is 14.6. The van der Waals surface area contributed by atoms with Crippen LogP contribution < -0.4 is 10.6 Å². The summed E-state index contributed by atoms with van der Waals surface area (Å²) in [7, 11) is 0. The van der Waals surface area contributed by atoms with Crippen LogP contribution in [0, 0.1) is 0 Å². The van der Waals surface area contributed by atoms with Crippen molar-refractivity contribution in [2.24, 2.45) is 0 Å². The summed E-state index contributed by atoms with van der Waals surface area (Å²) in [6.07, 6.45) is 1.98. The predicted octanol–water partition coefficient (Wildman–Crippen LogP) is 1.66. The molecule has 18 heavy (non-hydrogen) atoms. The summed E-state index contributed by atoms with van der Waals surface area (Å²) >= 11 is 1.62. The number of carbonyl (C=O) groups excluding carboxylic acids is 2. The Kier molecular flexibility index (Phi) is 5.71. The molecule has 1 rings (SSSR count). The van der Waals surface area contributed by atoms with Crippen molar-refractivity contribution in [2.45, 2.75) is 24.8 Å². The summed E-state index contributed by atoms with van der Waals surface area (Å²) in [5.41, 5.74) is 0.560. The normalized spacial score (nSPS) is 10.2. The van der Waals surface area contributed by atoms with Crippen molar-refractivity contribution < 1.29 is 9.59 Å². The van der Waals surface area contributed by atoms with E-state index >= 15 is 0 Å². The van der Waals surface area contributed by atoms with Crippen LogP contribution in [0.4, 0.5) is 0 Å². The van der Waals surface area contributed by atoms with Crippen LogP contribution in [-0.4, -0.2) is 30.7 Å². The van der Waals surface area contributed by atoms with E-state index in [2.05, 4.69) is 10.6 Å². The molecule has 1 aromatic rings. The van der Waals surface area contributed by atoms with Crippen molar-refractivity contribution in [3.8, 4) is 0 Å². The summed E-state index contributed by atoms with van der Waals surface area (Å²) in [4.78, 5) is 24.2. The Morgan fingerprint density at radius 3 is 2.33 bits per heavy atom. The molecule has 0 fully saturated rings. The van der Waals surface area contributed by atoms with Gasteiger partial charge in [0.05, 0.1) is 6.54 Å². The van der Waals surface area contributed by atoms with E-state index in [1.165, 1.54) is 0 Å². The van der Waals surface area contributed by atoms with Crippen molar-refractivity contribution in [1.29, 1.82) is 0 Å². The highest BCUT2D eigenvalue weighted by atomic mass is 32.2. The van der Waals surface area contributed by atoms with E-state index in [9.17, 15) is 9.59 Å². The smallest absolute Gasteiger partial charge is 0.251 e. The van der Waals surface area contributed by atoms with Gasteiger partial charge in [0.2, 0.25) is 5.91 Å². The lowest BCUT2D eigenvalue weighted by molar-refractivity contribution is -0.120. The molecule has 0 aliphatic carbocycles. The molecule has 2 amide bonds. The number of benzene rings is 1. The van der Waals surface area contributed by atoms with Crippen LogP contribution in [-0.2, 0) is 4.79 Å². The lowest BCUT2D eigenvalue weighted by atomic mass is 10.2. The van der Waals surface area contributed by atoms with Gasteiger partial charge < -0.3 is 10.6 Å². The summed E-state index contributed by atoms with van der Waals surface area (Å²) in [6.45, 7) is 3.75. The van der Waals surface area contributed by atoms with Gasteiger partial charge in [-0.1, -0.05) is 0 Å². The highest BCUT2D eigenvalue weighted by molar-refractivity contribution is 7.98. The van der Waals surface area contributed by atoms with Crippen LogP contribution in [0.5, 0.6) is 0 Å². The number of hydrogen-bond donors (Lipinski definition) is 2. The van der Waals surface area contributed by atoms with Gasteiger partial charge in [-0.2, -0.15) is 0 Å². The van der Waals surface area contributed by atoms with Crippen molar-refractivity contribution in [3.63, 3.8) is 0 Å². The maximum absolute atomic E-state index is 11.7. The molecule has 0 radical (unpaired) electrons. The molecule has 0 aliphatic rings. The first-order valence-corrected chi connectivity index (χ1v) is 6.97. The van der Waals surface area contributed by atoms with Gasteiger partial charge in [-0.15, -0.1) is 11.8 Å². The largest absolute Gasteiger partial charge is 0.352 e. The Morgan fingerprint density at radius 1 is 1.22 bits per heavy atom. The fraction of sp³-hybridized carbons (Fsp3) is 0.385. The first-order valence-electron chi connectivity index (χ1n) is 5.74. The number of nitrogens with one attached hydrogen (secondary N) is 2. The Bertz CT molecular complexity index is 416. The Morgan fingerprint density at radius 2 is 1.83 bits per heavy atom. The van der Waals surface area contributed by atoms with Gasteiger partial charge in [-0.05, 0) is 44.4 Å². The maximum Gasteiger partial charge on any atom is 0.251 e. The van der Waals surface area contributed by atoms with Gasteiger partial charge in [-0.25, -0.2) is 0 Å². The van der Waals surface area contributed by atoms with Gasteiger partial charge in [-0.3, -0.25) is 9.59 Å². The molecule has 0 saturated heterocycles. The summed E-state index contributed by atoms with van der Waals surface area (Å²) < 4.78 is 0. The molecule has 0 aliphatic heterocycles. The number of carbonyl (C=O) groups is 2. The molecule has 4 nitrogen and oxygen atoms in total. The molecule has 0 atom stereocenters. The monoisotopic (exact) mass is 266 g/mol. The molecule has 0 unspecified atom stereocenters. The van der Waals surface area contributed by atoms with E-state index in [4.69, 9.17) is 0 Å². The fourth-order valence-corrected chi connectivity index (χ4v) is 1.79. The minimum atomic E-state index is -0.235. The topological polar surface area (TPSA) is 58.2 Å².